The van der Waals surface area contributed by atoms with E-state index in [4.69, 9.17) is 5.11 Å². The number of rotatable bonds is 4. The van der Waals surface area contributed by atoms with Crippen LogP contribution in [0.2, 0.25) is 0 Å². The molecule has 13 heavy (non-hydrogen) atoms. The fourth-order valence-corrected chi connectivity index (χ4v) is 1.37. The van der Waals surface area contributed by atoms with Gasteiger partial charge >= 0.3 is 0 Å². The summed E-state index contributed by atoms with van der Waals surface area (Å²) in [7, 11) is 3.92. The number of aliphatic hydroxyl groups is 1. The first-order valence-electron chi connectivity index (χ1n) is 4.67. The zero-order valence-electron chi connectivity index (χ0n) is 8.36. The average molecular weight is 186 g/mol. The van der Waals surface area contributed by atoms with Crippen LogP contribution in [0.3, 0.4) is 0 Å². The lowest BCUT2D eigenvalue weighted by Crippen LogP contribution is -2.51. The van der Waals surface area contributed by atoms with Gasteiger partial charge in [0.05, 0.1) is 0 Å². The van der Waals surface area contributed by atoms with Crippen molar-refractivity contribution in [2.75, 3.05) is 40.3 Å². The SMILES string of the molecule is CN(C)CCC(=O)N1CC(CO)C1. The Hall–Kier alpha value is -0.610. The molecule has 0 saturated carbocycles. The summed E-state index contributed by atoms with van der Waals surface area (Å²) in [6.45, 7) is 2.49. The van der Waals surface area contributed by atoms with Crippen LogP contribution in [0.4, 0.5) is 0 Å². The van der Waals surface area contributed by atoms with Crippen molar-refractivity contribution in [1.82, 2.24) is 9.80 Å². The number of hydrogen-bond acceptors (Lipinski definition) is 3. The zero-order valence-corrected chi connectivity index (χ0v) is 8.36. The van der Waals surface area contributed by atoms with Crippen molar-refractivity contribution < 1.29 is 9.90 Å². The van der Waals surface area contributed by atoms with Crippen LogP contribution in [0.15, 0.2) is 0 Å². The van der Waals surface area contributed by atoms with Gasteiger partial charge in [-0.3, -0.25) is 4.79 Å². The summed E-state index contributed by atoms with van der Waals surface area (Å²) < 4.78 is 0. The smallest absolute Gasteiger partial charge is 0.223 e. The third-order valence-corrected chi connectivity index (χ3v) is 2.34. The maximum absolute atomic E-state index is 11.4. The Morgan fingerprint density at radius 3 is 2.62 bits per heavy atom. The van der Waals surface area contributed by atoms with Crippen molar-refractivity contribution >= 4 is 5.91 Å². The summed E-state index contributed by atoms with van der Waals surface area (Å²) in [6, 6.07) is 0. The normalized spacial score (nSPS) is 17.7. The van der Waals surface area contributed by atoms with Crippen molar-refractivity contribution in [2.45, 2.75) is 6.42 Å². The topological polar surface area (TPSA) is 43.8 Å². The van der Waals surface area contributed by atoms with E-state index in [0.29, 0.717) is 12.3 Å². The number of nitrogens with zero attached hydrogens (tertiary/aromatic N) is 2. The lowest BCUT2D eigenvalue weighted by molar-refractivity contribution is -0.138. The number of hydrogen-bond donors (Lipinski definition) is 1. The molecule has 1 amide bonds. The molecule has 4 nitrogen and oxygen atoms in total. The number of carbonyl (C=O) groups excluding carboxylic acids is 1. The molecular weight excluding hydrogens is 168 g/mol. The van der Waals surface area contributed by atoms with Gasteiger partial charge in [-0.05, 0) is 14.1 Å². The number of aliphatic hydroxyl groups excluding tert-OH is 1. The minimum absolute atomic E-state index is 0.206. The second-order valence-electron chi connectivity index (χ2n) is 3.90. The molecule has 1 N–H and O–H groups in total. The van der Waals surface area contributed by atoms with Crippen molar-refractivity contribution in [3.8, 4) is 0 Å². The van der Waals surface area contributed by atoms with E-state index in [1.165, 1.54) is 0 Å². The van der Waals surface area contributed by atoms with Gasteiger partial charge in [-0.25, -0.2) is 0 Å². The number of carbonyl (C=O) groups is 1. The molecule has 0 aliphatic carbocycles. The highest BCUT2D eigenvalue weighted by molar-refractivity contribution is 5.77. The number of likely N-dealkylation sites (tertiary alicyclic amines) is 1. The molecule has 1 saturated heterocycles. The van der Waals surface area contributed by atoms with Crippen molar-refractivity contribution in [2.24, 2.45) is 5.92 Å². The molecule has 0 atom stereocenters. The first-order valence-corrected chi connectivity index (χ1v) is 4.67. The van der Waals surface area contributed by atoms with E-state index in [1.54, 1.807) is 0 Å². The molecule has 0 aromatic heterocycles. The molecule has 1 fully saturated rings. The molecule has 0 radical (unpaired) electrons. The van der Waals surface area contributed by atoms with Crippen LogP contribution in [0.25, 0.3) is 0 Å². The molecule has 76 valence electrons. The van der Waals surface area contributed by atoms with Crippen LogP contribution in [-0.2, 0) is 4.79 Å². The Labute approximate surface area is 79.1 Å². The minimum atomic E-state index is 0.206. The second kappa shape index (κ2) is 4.58. The first-order chi connectivity index (χ1) is 6.13. The molecule has 1 aliphatic rings. The summed E-state index contributed by atoms with van der Waals surface area (Å²) in [5.41, 5.74) is 0. The predicted molar refractivity (Wildman–Crippen MR) is 50.3 cm³/mol. The Bertz CT molecular complexity index is 176. The molecule has 0 bridgehead atoms. The highest BCUT2D eigenvalue weighted by Gasteiger charge is 2.29. The fraction of sp³-hybridized carbons (Fsp3) is 0.889. The predicted octanol–water partition coefficient (Wildman–Crippen LogP) is -0.611. The van der Waals surface area contributed by atoms with Gasteiger partial charge < -0.3 is 14.9 Å². The minimum Gasteiger partial charge on any atom is -0.396 e. The highest BCUT2D eigenvalue weighted by Crippen LogP contribution is 2.15. The Balaban J connectivity index is 2.12. The van der Waals surface area contributed by atoms with Crippen LogP contribution >= 0.6 is 0 Å². The standard InChI is InChI=1S/C9H18N2O2/c1-10(2)4-3-9(13)11-5-8(6-11)7-12/h8,12H,3-7H2,1-2H3. The molecule has 0 unspecified atom stereocenters. The van der Waals surface area contributed by atoms with Crippen LogP contribution in [0.5, 0.6) is 0 Å². The van der Waals surface area contributed by atoms with E-state index < -0.39 is 0 Å². The van der Waals surface area contributed by atoms with Gasteiger partial charge in [0.15, 0.2) is 0 Å². The van der Waals surface area contributed by atoms with Gasteiger partial charge in [-0.2, -0.15) is 0 Å². The molecule has 0 spiro atoms. The summed E-state index contributed by atoms with van der Waals surface area (Å²) in [5, 5.41) is 8.76. The second-order valence-corrected chi connectivity index (χ2v) is 3.90. The van der Waals surface area contributed by atoms with E-state index in [9.17, 15) is 4.79 Å². The van der Waals surface area contributed by atoms with Gasteiger partial charge in [0.2, 0.25) is 5.91 Å². The quantitative estimate of drug-likeness (QED) is 0.637. The van der Waals surface area contributed by atoms with Gasteiger partial charge in [-0.1, -0.05) is 0 Å². The highest BCUT2D eigenvalue weighted by atomic mass is 16.3. The third-order valence-electron chi connectivity index (χ3n) is 2.34. The van der Waals surface area contributed by atoms with Crippen molar-refractivity contribution in [3.63, 3.8) is 0 Å². The molecule has 0 aromatic rings. The fourth-order valence-electron chi connectivity index (χ4n) is 1.37. The largest absolute Gasteiger partial charge is 0.396 e. The van der Waals surface area contributed by atoms with Gasteiger partial charge in [0.25, 0.3) is 0 Å². The molecule has 1 aliphatic heterocycles. The van der Waals surface area contributed by atoms with Crippen LogP contribution < -0.4 is 0 Å². The van der Waals surface area contributed by atoms with E-state index in [2.05, 4.69) is 0 Å². The van der Waals surface area contributed by atoms with Gasteiger partial charge in [-0.15, -0.1) is 0 Å². The Kier molecular flexibility index (Phi) is 3.69. The van der Waals surface area contributed by atoms with Crippen LogP contribution in [-0.4, -0.2) is 61.2 Å². The monoisotopic (exact) mass is 186 g/mol. The lowest BCUT2D eigenvalue weighted by Gasteiger charge is -2.38. The van der Waals surface area contributed by atoms with Gasteiger partial charge in [0.1, 0.15) is 0 Å². The molecule has 1 rings (SSSR count). The van der Waals surface area contributed by atoms with E-state index >= 15 is 0 Å². The Morgan fingerprint density at radius 1 is 1.54 bits per heavy atom. The third kappa shape index (κ3) is 2.97. The van der Waals surface area contributed by atoms with E-state index in [-0.39, 0.29) is 12.5 Å². The summed E-state index contributed by atoms with van der Waals surface area (Å²) >= 11 is 0. The molecular formula is C9H18N2O2. The van der Waals surface area contributed by atoms with E-state index in [1.807, 2.05) is 23.9 Å². The number of amides is 1. The van der Waals surface area contributed by atoms with Crippen LogP contribution in [0, 0.1) is 5.92 Å². The summed E-state index contributed by atoms with van der Waals surface area (Å²) in [4.78, 5) is 15.2. The van der Waals surface area contributed by atoms with Gasteiger partial charge in [0, 0.05) is 38.6 Å². The molecule has 4 heteroatoms. The maximum atomic E-state index is 11.4. The van der Waals surface area contributed by atoms with E-state index in [0.717, 1.165) is 19.6 Å². The molecule has 0 aromatic carbocycles. The molecule has 1 heterocycles. The average Bonchev–Trinajstić information content (AvgIpc) is 1.99. The maximum Gasteiger partial charge on any atom is 0.223 e. The van der Waals surface area contributed by atoms with Crippen molar-refractivity contribution in [3.05, 3.63) is 0 Å². The Morgan fingerprint density at radius 2 is 2.15 bits per heavy atom. The van der Waals surface area contributed by atoms with Crippen LogP contribution in [0.1, 0.15) is 6.42 Å². The summed E-state index contributed by atoms with van der Waals surface area (Å²) in [5.74, 6) is 0.529. The zero-order chi connectivity index (χ0) is 9.84. The summed E-state index contributed by atoms with van der Waals surface area (Å²) in [6.07, 6.45) is 0.588. The van der Waals surface area contributed by atoms with Crippen molar-refractivity contribution in [1.29, 1.82) is 0 Å². The lowest BCUT2D eigenvalue weighted by atomic mass is 10.0. The first kappa shape index (κ1) is 10.5.